The number of benzene rings is 3. The second-order valence-electron chi connectivity index (χ2n) is 13.4. The van der Waals surface area contributed by atoms with Crippen LogP contribution in [0.5, 0.6) is 0 Å². The Morgan fingerprint density at radius 3 is 1.94 bits per heavy atom. The van der Waals surface area contributed by atoms with Gasteiger partial charge in [-0.15, -0.1) is 0 Å². The van der Waals surface area contributed by atoms with E-state index >= 15 is 4.39 Å². The molecule has 4 aromatic heterocycles. The fourth-order valence-electron chi connectivity index (χ4n) is 8.78. The summed E-state index contributed by atoms with van der Waals surface area (Å²) in [7, 11) is 0. The Balaban J connectivity index is 1.32. The van der Waals surface area contributed by atoms with Gasteiger partial charge < -0.3 is 9.67 Å². The molecule has 0 amide bonds. The van der Waals surface area contributed by atoms with E-state index in [9.17, 15) is 9.90 Å². The molecule has 2 atom stereocenters. The molecule has 0 unspecified atom stereocenters. The first-order valence-corrected chi connectivity index (χ1v) is 17.3. The third-order valence-electron chi connectivity index (χ3n) is 10.9. The van der Waals surface area contributed by atoms with Crippen molar-refractivity contribution in [3.63, 3.8) is 0 Å². The lowest BCUT2D eigenvalue weighted by Gasteiger charge is -2.47. The second kappa shape index (κ2) is 11.9. The molecule has 1 N–H and O–H groups in total. The van der Waals surface area contributed by atoms with Crippen LogP contribution in [0.25, 0.3) is 33.6 Å². The van der Waals surface area contributed by atoms with Crippen molar-refractivity contribution in [3.8, 4) is 11.5 Å². The van der Waals surface area contributed by atoms with Gasteiger partial charge in [0.15, 0.2) is 17.3 Å². The van der Waals surface area contributed by atoms with E-state index in [0.29, 0.717) is 27.4 Å². The van der Waals surface area contributed by atoms with Crippen LogP contribution in [0.4, 0.5) is 4.39 Å². The predicted molar refractivity (Wildman–Crippen MR) is 189 cm³/mol. The van der Waals surface area contributed by atoms with E-state index < -0.39 is 29.3 Å². The first-order valence-electron chi connectivity index (χ1n) is 16.9. The monoisotopic (exact) mass is 682 g/mol. The van der Waals surface area contributed by atoms with Gasteiger partial charge >= 0.3 is 5.97 Å². The van der Waals surface area contributed by atoms with Gasteiger partial charge in [0.1, 0.15) is 16.9 Å². The van der Waals surface area contributed by atoms with Crippen LogP contribution >= 0.6 is 11.6 Å². The third kappa shape index (κ3) is 4.60. The number of aliphatic carboxylic acids is 1. The summed E-state index contributed by atoms with van der Waals surface area (Å²) in [6.07, 6.45) is 8.07. The van der Waals surface area contributed by atoms with Crippen LogP contribution in [0.1, 0.15) is 48.4 Å². The minimum Gasteiger partial charge on any atom is -0.481 e. The molecule has 8 nitrogen and oxygen atoms in total. The van der Waals surface area contributed by atoms with Gasteiger partial charge in [0.2, 0.25) is 0 Å². The minimum absolute atomic E-state index is 0.0549. The number of hydrogen-bond acceptors (Lipinski definition) is 5. The van der Waals surface area contributed by atoms with E-state index in [-0.39, 0.29) is 23.0 Å². The number of rotatable bonds is 7. The first kappa shape index (κ1) is 30.6. The lowest BCUT2D eigenvalue weighted by atomic mass is 9.61. The van der Waals surface area contributed by atoms with Gasteiger partial charge in [0.25, 0.3) is 0 Å². The van der Waals surface area contributed by atoms with Crippen molar-refractivity contribution in [2.75, 3.05) is 0 Å². The highest BCUT2D eigenvalue weighted by Crippen LogP contribution is 2.52. The summed E-state index contributed by atoms with van der Waals surface area (Å²) in [5, 5.41) is 16.9. The quantitative estimate of drug-likeness (QED) is 0.169. The van der Waals surface area contributed by atoms with Crippen LogP contribution in [0.3, 0.4) is 0 Å². The Hall–Kier alpha value is -5.41. The molecule has 0 aliphatic heterocycles. The van der Waals surface area contributed by atoms with Crippen LogP contribution in [-0.2, 0) is 10.3 Å². The Labute approximate surface area is 292 Å². The number of carboxylic acid groups (broad SMARTS) is 1. The maximum atomic E-state index is 15.6. The summed E-state index contributed by atoms with van der Waals surface area (Å²) >= 11 is 6.61. The maximum absolute atomic E-state index is 15.6. The van der Waals surface area contributed by atoms with Gasteiger partial charge in [0, 0.05) is 18.6 Å². The smallest absolute Gasteiger partial charge is 0.308 e. The van der Waals surface area contributed by atoms with E-state index in [1.54, 1.807) is 10.8 Å². The van der Waals surface area contributed by atoms with Crippen molar-refractivity contribution in [2.24, 2.45) is 17.8 Å². The van der Waals surface area contributed by atoms with Gasteiger partial charge in [-0.1, -0.05) is 103 Å². The Morgan fingerprint density at radius 2 is 1.36 bits per heavy atom. The average Bonchev–Trinajstić information content (AvgIpc) is 3.70. The standard InChI is InChI=1S/C40H32ClFN6O2/c41-29-20-30-34(36-43-22-31-32(42)23-47(38(31)45-36)35-25-18-16-24(17-19-25)33(35)39(49)50)46-48(37(30)44-21-29)40(26-10-4-1-5-11-26,27-12-6-2-7-13-27)28-14-8-3-9-15-28/h1-15,20-25,33,35H,16-19H2,(H,49,50)/t24?,25?,33-,35-/m0/s1. The van der Waals surface area contributed by atoms with Gasteiger partial charge in [-0.2, -0.15) is 5.10 Å². The van der Waals surface area contributed by atoms with Gasteiger partial charge in [-0.05, 0) is 60.3 Å². The molecule has 3 saturated carbocycles. The van der Waals surface area contributed by atoms with Gasteiger partial charge in [-0.25, -0.2) is 24.0 Å². The molecule has 0 spiro atoms. The van der Waals surface area contributed by atoms with Crippen molar-refractivity contribution >= 4 is 39.6 Å². The second-order valence-corrected chi connectivity index (χ2v) is 13.9. The summed E-state index contributed by atoms with van der Waals surface area (Å²) in [5.74, 6) is -1.48. The molecule has 3 aliphatic rings. The summed E-state index contributed by atoms with van der Waals surface area (Å²) in [6.45, 7) is 0. The Bertz CT molecular complexity index is 2280. The molecule has 50 heavy (non-hydrogen) atoms. The highest BCUT2D eigenvalue weighted by molar-refractivity contribution is 6.31. The van der Waals surface area contributed by atoms with Crippen LogP contribution in [0.2, 0.25) is 5.02 Å². The molecule has 4 heterocycles. The molecule has 2 bridgehead atoms. The van der Waals surface area contributed by atoms with Crippen LogP contribution in [-0.4, -0.2) is 40.4 Å². The fourth-order valence-corrected chi connectivity index (χ4v) is 8.94. The molecular formula is C40H32ClFN6O2. The summed E-state index contributed by atoms with van der Waals surface area (Å²) in [6, 6.07) is 31.9. The van der Waals surface area contributed by atoms with E-state index in [1.807, 2.05) is 65.3 Å². The van der Waals surface area contributed by atoms with Crippen molar-refractivity contribution in [1.29, 1.82) is 0 Å². The SMILES string of the molecule is O=C(O)[C@H]1C2CCC(CC2)[C@@H]1n1cc(F)c2cnc(-c3nn(C(c4ccccc4)(c4ccccc4)c4ccccc4)c4ncc(Cl)cc34)nc21. The van der Waals surface area contributed by atoms with E-state index in [4.69, 9.17) is 26.7 Å². The molecule has 3 aromatic carbocycles. The largest absolute Gasteiger partial charge is 0.481 e. The van der Waals surface area contributed by atoms with Gasteiger partial charge in [0.05, 0.1) is 27.8 Å². The number of aromatic nitrogens is 6. The minimum atomic E-state index is -0.979. The van der Waals surface area contributed by atoms with Gasteiger partial charge in [-0.3, -0.25) is 4.79 Å². The van der Waals surface area contributed by atoms with E-state index in [0.717, 1.165) is 42.4 Å². The Kier molecular flexibility index (Phi) is 7.28. The number of carboxylic acids is 1. The normalized spacial score (nSPS) is 20.4. The predicted octanol–water partition coefficient (Wildman–Crippen LogP) is 8.54. The number of halogens is 2. The zero-order valence-electron chi connectivity index (χ0n) is 26.9. The van der Waals surface area contributed by atoms with Crippen LogP contribution in [0, 0.1) is 23.6 Å². The first-order chi connectivity index (χ1) is 24.4. The molecule has 3 fully saturated rings. The number of nitrogens with zero attached hydrogens (tertiary/aromatic N) is 6. The molecular weight excluding hydrogens is 651 g/mol. The average molecular weight is 683 g/mol. The maximum Gasteiger partial charge on any atom is 0.308 e. The molecule has 10 heteroatoms. The number of hydrogen-bond donors (Lipinski definition) is 1. The van der Waals surface area contributed by atoms with Crippen molar-refractivity contribution < 1.29 is 14.3 Å². The highest BCUT2D eigenvalue weighted by Gasteiger charge is 2.49. The Morgan fingerprint density at radius 1 is 0.780 bits per heavy atom. The van der Waals surface area contributed by atoms with E-state index in [2.05, 4.69) is 41.4 Å². The zero-order valence-corrected chi connectivity index (χ0v) is 27.7. The summed E-state index contributed by atoms with van der Waals surface area (Å²) < 4.78 is 19.3. The molecule has 0 saturated heterocycles. The fraction of sp³-hybridized carbons (Fsp3) is 0.225. The molecule has 10 rings (SSSR count). The number of carbonyl (C=O) groups is 1. The van der Waals surface area contributed by atoms with Crippen molar-refractivity contribution in [3.05, 3.63) is 143 Å². The summed E-state index contributed by atoms with van der Waals surface area (Å²) in [4.78, 5) is 27.1. The number of pyridine rings is 1. The summed E-state index contributed by atoms with van der Waals surface area (Å²) in [5.41, 5.74) is 3.25. The third-order valence-corrected chi connectivity index (χ3v) is 11.1. The molecule has 3 aliphatic carbocycles. The van der Waals surface area contributed by atoms with Crippen molar-refractivity contribution in [1.82, 2.24) is 29.3 Å². The van der Waals surface area contributed by atoms with Crippen LogP contribution in [0.15, 0.2) is 116 Å². The molecule has 7 aromatic rings. The molecule has 0 radical (unpaired) electrons. The lowest BCUT2D eigenvalue weighted by Crippen LogP contribution is -2.44. The van der Waals surface area contributed by atoms with Crippen LogP contribution < -0.4 is 0 Å². The topological polar surface area (TPSA) is 98.7 Å². The van der Waals surface area contributed by atoms with E-state index in [1.165, 1.54) is 12.4 Å². The zero-order chi connectivity index (χ0) is 34.0. The highest BCUT2D eigenvalue weighted by atomic mass is 35.5. The molecule has 248 valence electrons. The lowest BCUT2D eigenvalue weighted by molar-refractivity contribution is -0.151. The van der Waals surface area contributed by atoms with Crippen molar-refractivity contribution in [2.45, 2.75) is 37.3 Å². The number of fused-ring (bicyclic) bond motifs is 5.